The normalized spacial score (nSPS) is 13.4. The van der Waals surface area contributed by atoms with Gasteiger partial charge in [0.05, 0.1) is 5.69 Å². The summed E-state index contributed by atoms with van der Waals surface area (Å²) in [5, 5.41) is 0.498. The Bertz CT molecular complexity index is 696. The van der Waals surface area contributed by atoms with Gasteiger partial charge in [0, 0.05) is 23.1 Å². The van der Waals surface area contributed by atoms with Gasteiger partial charge >= 0.3 is 0 Å². The first-order chi connectivity index (χ1) is 9.65. The number of rotatable bonds is 3. The number of aryl methyl sites for hydroxylation is 1. The molecule has 3 rings (SSSR count). The van der Waals surface area contributed by atoms with Crippen molar-refractivity contribution in [1.82, 2.24) is 15.0 Å². The van der Waals surface area contributed by atoms with Crippen LogP contribution in [0.3, 0.4) is 0 Å². The number of hydrogen-bond acceptors (Lipinski definition) is 5. The Hall–Kier alpha value is -1.89. The van der Waals surface area contributed by atoms with Gasteiger partial charge in [0.1, 0.15) is 11.6 Å². The number of nitrogens with zero attached hydrogens (tertiary/aromatic N) is 2. The zero-order valence-corrected chi connectivity index (χ0v) is 11.5. The summed E-state index contributed by atoms with van der Waals surface area (Å²) in [5.74, 6) is 0.0577. The van der Waals surface area contributed by atoms with Crippen molar-refractivity contribution in [1.29, 1.82) is 0 Å². The summed E-state index contributed by atoms with van der Waals surface area (Å²) in [6.45, 7) is 0. The average Bonchev–Trinajstić information content (AvgIpc) is 2.87. The number of hydrogen-bond donors (Lipinski definition) is 2. The number of halogens is 1. The maximum Gasteiger partial charge on any atom is 0.254 e. The van der Waals surface area contributed by atoms with Crippen LogP contribution in [0.25, 0.3) is 0 Å². The molecule has 0 radical (unpaired) electrons. The van der Waals surface area contributed by atoms with E-state index in [2.05, 4.69) is 15.0 Å². The molecule has 3 N–H and O–H groups in total. The van der Waals surface area contributed by atoms with Crippen molar-refractivity contribution in [3.63, 3.8) is 0 Å². The lowest BCUT2D eigenvalue weighted by atomic mass is 10.3. The second-order valence-electron chi connectivity index (χ2n) is 4.60. The van der Waals surface area contributed by atoms with Gasteiger partial charge in [0.15, 0.2) is 5.16 Å². The van der Waals surface area contributed by atoms with Gasteiger partial charge in [-0.25, -0.2) is 14.4 Å². The molecule has 0 saturated heterocycles. The van der Waals surface area contributed by atoms with Gasteiger partial charge in [-0.3, -0.25) is 4.79 Å². The van der Waals surface area contributed by atoms with Crippen molar-refractivity contribution in [3.8, 4) is 0 Å². The van der Waals surface area contributed by atoms with Gasteiger partial charge in [0.2, 0.25) is 0 Å². The topological polar surface area (TPSA) is 84.7 Å². The van der Waals surface area contributed by atoms with E-state index in [1.54, 1.807) is 0 Å². The van der Waals surface area contributed by atoms with Crippen molar-refractivity contribution in [2.24, 2.45) is 0 Å². The Labute approximate surface area is 118 Å². The van der Waals surface area contributed by atoms with E-state index in [1.807, 2.05) is 0 Å². The molecule has 2 aromatic heterocycles. The number of nitrogens with two attached hydrogens (primary N) is 1. The molecule has 104 valence electrons. The summed E-state index contributed by atoms with van der Waals surface area (Å²) >= 11 is 1.26. The Morgan fingerprint density at radius 2 is 2.30 bits per heavy atom. The molecule has 1 aliphatic carbocycles. The zero-order chi connectivity index (χ0) is 14.1. The predicted octanol–water partition coefficient (Wildman–Crippen LogP) is 1.67. The molecule has 2 aromatic rings. The van der Waals surface area contributed by atoms with Crippen LogP contribution in [-0.2, 0) is 18.6 Å². The number of pyridine rings is 1. The highest BCUT2D eigenvalue weighted by Gasteiger charge is 2.17. The van der Waals surface area contributed by atoms with Crippen LogP contribution in [0.4, 0.5) is 10.2 Å². The molecule has 7 heteroatoms. The van der Waals surface area contributed by atoms with Crippen LogP contribution in [0.2, 0.25) is 0 Å². The van der Waals surface area contributed by atoms with Crippen LogP contribution in [0.15, 0.2) is 22.2 Å². The molecular formula is C13H13FN4OS. The third-order valence-corrected chi connectivity index (χ3v) is 4.20. The van der Waals surface area contributed by atoms with Crippen LogP contribution >= 0.6 is 11.8 Å². The molecule has 0 atom stereocenters. The van der Waals surface area contributed by atoms with Gasteiger partial charge in [-0.15, -0.1) is 0 Å². The van der Waals surface area contributed by atoms with Gasteiger partial charge < -0.3 is 10.7 Å². The molecule has 2 heterocycles. The Kier molecular flexibility index (Phi) is 3.43. The van der Waals surface area contributed by atoms with Gasteiger partial charge in [-0.05, 0) is 25.3 Å². The number of aromatic amines is 1. The first-order valence-electron chi connectivity index (χ1n) is 6.29. The number of anilines is 1. The van der Waals surface area contributed by atoms with Crippen molar-refractivity contribution in [3.05, 3.63) is 45.3 Å². The number of H-pyrrole nitrogens is 1. The number of fused-ring (bicyclic) bond motifs is 1. The van der Waals surface area contributed by atoms with Crippen molar-refractivity contribution in [2.45, 2.75) is 30.2 Å². The monoisotopic (exact) mass is 292 g/mol. The Morgan fingerprint density at radius 1 is 1.45 bits per heavy atom. The van der Waals surface area contributed by atoms with Crippen LogP contribution in [0, 0.1) is 5.82 Å². The minimum absolute atomic E-state index is 0.0883. The molecule has 20 heavy (non-hydrogen) atoms. The highest BCUT2D eigenvalue weighted by atomic mass is 32.2. The van der Waals surface area contributed by atoms with Crippen molar-refractivity contribution in [2.75, 3.05) is 5.73 Å². The lowest BCUT2D eigenvalue weighted by Crippen LogP contribution is -2.15. The van der Waals surface area contributed by atoms with E-state index in [0.717, 1.165) is 30.5 Å². The van der Waals surface area contributed by atoms with Gasteiger partial charge in [-0.1, -0.05) is 11.8 Å². The van der Waals surface area contributed by atoms with E-state index >= 15 is 0 Å². The Morgan fingerprint density at radius 3 is 3.10 bits per heavy atom. The molecule has 5 nitrogen and oxygen atoms in total. The fourth-order valence-corrected chi connectivity index (χ4v) is 3.16. The maximum absolute atomic E-state index is 13.6. The lowest BCUT2D eigenvalue weighted by Gasteiger charge is -2.06. The predicted molar refractivity (Wildman–Crippen MR) is 75.1 cm³/mol. The summed E-state index contributed by atoms with van der Waals surface area (Å²) in [6.07, 6.45) is 3.90. The first kappa shape index (κ1) is 13.1. The molecule has 0 aromatic carbocycles. The average molecular weight is 292 g/mol. The Balaban J connectivity index is 1.83. The lowest BCUT2D eigenvalue weighted by molar-refractivity contribution is 0.616. The molecule has 1 aliphatic rings. The van der Waals surface area contributed by atoms with Gasteiger partial charge in [0.25, 0.3) is 5.56 Å². The summed E-state index contributed by atoms with van der Waals surface area (Å²) in [4.78, 5) is 22.9. The van der Waals surface area contributed by atoms with E-state index in [4.69, 9.17) is 5.73 Å². The second-order valence-corrected chi connectivity index (χ2v) is 5.56. The highest BCUT2D eigenvalue weighted by molar-refractivity contribution is 7.98. The molecule has 0 saturated carbocycles. The summed E-state index contributed by atoms with van der Waals surface area (Å²) in [5.41, 5.74) is 7.53. The minimum atomic E-state index is -0.395. The maximum atomic E-state index is 13.6. The number of aromatic nitrogens is 3. The van der Waals surface area contributed by atoms with E-state index in [9.17, 15) is 9.18 Å². The fourth-order valence-electron chi connectivity index (χ4n) is 2.25. The van der Waals surface area contributed by atoms with Crippen molar-refractivity contribution >= 4 is 17.6 Å². The summed E-state index contributed by atoms with van der Waals surface area (Å²) in [7, 11) is 0. The molecule has 0 amide bonds. The van der Waals surface area contributed by atoms with Gasteiger partial charge in [-0.2, -0.15) is 0 Å². The summed E-state index contributed by atoms with van der Waals surface area (Å²) in [6, 6.07) is 1.27. The van der Waals surface area contributed by atoms with Crippen LogP contribution in [0.1, 0.15) is 23.2 Å². The minimum Gasteiger partial charge on any atom is -0.383 e. The zero-order valence-electron chi connectivity index (χ0n) is 10.6. The quantitative estimate of drug-likeness (QED) is 0.664. The van der Waals surface area contributed by atoms with E-state index in [-0.39, 0.29) is 17.1 Å². The van der Waals surface area contributed by atoms with Crippen LogP contribution in [-0.4, -0.2) is 15.0 Å². The standard InChI is InChI=1S/C13H13FN4OS/c14-9-4-5-16-11(15)8(9)6-20-13-17-10-3-1-2-7(10)12(19)18-13/h4-5H,1-3,6H2,(H2,15,16)(H,17,18,19). The summed E-state index contributed by atoms with van der Waals surface area (Å²) < 4.78 is 13.6. The largest absolute Gasteiger partial charge is 0.383 e. The molecular weight excluding hydrogens is 279 g/mol. The molecule has 0 aliphatic heterocycles. The number of nitrogen functional groups attached to an aromatic ring is 1. The van der Waals surface area contributed by atoms with Crippen LogP contribution in [0.5, 0.6) is 0 Å². The molecule has 0 bridgehead atoms. The highest BCUT2D eigenvalue weighted by Crippen LogP contribution is 2.25. The second kappa shape index (κ2) is 5.24. The fraction of sp³-hybridized carbons (Fsp3) is 0.308. The third-order valence-electron chi connectivity index (χ3n) is 3.30. The van der Waals surface area contributed by atoms with Crippen LogP contribution < -0.4 is 11.3 Å². The number of nitrogens with one attached hydrogen (secondary N) is 1. The third kappa shape index (κ3) is 2.40. The van der Waals surface area contributed by atoms with E-state index in [1.165, 1.54) is 24.0 Å². The first-order valence-corrected chi connectivity index (χ1v) is 7.27. The van der Waals surface area contributed by atoms with E-state index < -0.39 is 5.82 Å². The number of thioether (sulfide) groups is 1. The SMILES string of the molecule is Nc1nccc(F)c1CSc1nc2c(c(=O)[nH]1)CCC2. The smallest absolute Gasteiger partial charge is 0.254 e. The molecule has 0 fully saturated rings. The molecule has 0 spiro atoms. The molecule has 0 unspecified atom stereocenters. The van der Waals surface area contributed by atoms with Crippen molar-refractivity contribution < 1.29 is 4.39 Å². The van der Waals surface area contributed by atoms with E-state index in [0.29, 0.717) is 10.7 Å².